The van der Waals surface area contributed by atoms with Crippen molar-refractivity contribution in [2.45, 2.75) is 65.4 Å². The predicted molar refractivity (Wildman–Crippen MR) is 99.2 cm³/mol. The number of allylic oxidation sites excluding steroid dienone is 4. The molecule has 0 aromatic carbocycles. The second-order valence-corrected chi connectivity index (χ2v) is 7.00. The van der Waals surface area contributed by atoms with Gasteiger partial charge in [0.2, 0.25) is 0 Å². The first kappa shape index (κ1) is 19.9. The Kier molecular flexibility index (Phi) is 8.57. The molecule has 2 rings (SSSR count). The van der Waals surface area contributed by atoms with Gasteiger partial charge in [0.15, 0.2) is 0 Å². The van der Waals surface area contributed by atoms with Crippen LogP contribution in [0.2, 0.25) is 0 Å². The lowest BCUT2D eigenvalue weighted by Crippen LogP contribution is -2.20. The van der Waals surface area contributed by atoms with Crippen LogP contribution in [0.1, 0.15) is 59.3 Å². The first-order valence-electron chi connectivity index (χ1n) is 8.85. The van der Waals surface area contributed by atoms with Crippen LogP contribution in [-0.2, 0) is 0 Å². The van der Waals surface area contributed by atoms with Crippen molar-refractivity contribution >= 4 is 0 Å². The summed E-state index contributed by atoms with van der Waals surface area (Å²) in [6.45, 7) is 14.3. The fourth-order valence-corrected chi connectivity index (χ4v) is 3.21. The van der Waals surface area contributed by atoms with Gasteiger partial charge >= 0.3 is 0 Å². The Hall–Kier alpha value is -1.12. The van der Waals surface area contributed by atoms with Crippen LogP contribution in [-0.4, -0.2) is 22.9 Å². The van der Waals surface area contributed by atoms with Crippen molar-refractivity contribution in [3.63, 3.8) is 0 Å². The molecule has 3 atom stereocenters. The molecule has 0 bridgehead atoms. The fourth-order valence-electron chi connectivity index (χ4n) is 3.21. The molecule has 0 saturated carbocycles. The van der Waals surface area contributed by atoms with Crippen molar-refractivity contribution in [1.29, 1.82) is 0 Å². The molecule has 0 aromatic rings. The molecule has 2 aliphatic rings. The van der Waals surface area contributed by atoms with Crippen LogP contribution >= 0.6 is 0 Å². The maximum Gasteiger partial charge on any atom is 0.0755 e. The van der Waals surface area contributed by atoms with Crippen molar-refractivity contribution in [1.82, 2.24) is 0 Å². The van der Waals surface area contributed by atoms with E-state index in [2.05, 4.69) is 39.2 Å². The van der Waals surface area contributed by atoms with Gasteiger partial charge in [-0.2, -0.15) is 0 Å². The van der Waals surface area contributed by atoms with Gasteiger partial charge in [-0.15, -0.1) is 0 Å². The highest BCUT2D eigenvalue weighted by atomic mass is 16.3. The number of aliphatic hydroxyl groups is 2. The van der Waals surface area contributed by atoms with Gasteiger partial charge in [-0.1, -0.05) is 43.4 Å². The smallest absolute Gasteiger partial charge is 0.0755 e. The summed E-state index contributed by atoms with van der Waals surface area (Å²) in [6.07, 6.45) is 10.3. The van der Waals surface area contributed by atoms with E-state index in [1.807, 2.05) is 6.92 Å². The third-order valence-electron chi connectivity index (χ3n) is 5.11. The van der Waals surface area contributed by atoms with E-state index in [1.54, 1.807) is 0 Å². The second-order valence-electron chi connectivity index (χ2n) is 7.00. The monoisotopic (exact) mass is 318 g/mol. The molecule has 2 nitrogen and oxygen atoms in total. The number of hydrogen-bond acceptors (Lipinski definition) is 2. The molecule has 0 amide bonds. The van der Waals surface area contributed by atoms with Gasteiger partial charge in [-0.3, -0.25) is 0 Å². The highest BCUT2D eigenvalue weighted by Gasteiger charge is 2.21. The molecule has 0 aromatic heterocycles. The second kappa shape index (κ2) is 9.89. The Balaban J connectivity index is 0.000000231. The standard InChI is InChI=1S/C11H18O.C10H16O/c1-4-9-5-6-10(8(2)3)7-11(9)12;1-8(2)10-5-3-9(7-11)4-6-10/h5,10-12H,2,4,6-7H2,1,3H3;3,10-11H,1,4-7H2,2H3/t10-,11+;10-/m11/s1. The molecule has 2 heteroatoms. The quantitative estimate of drug-likeness (QED) is 0.720. The maximum atomic E-state index is 9.68. The Morgan fingerprint density at radius 2 is 1.74 bits per heavy atom. The van der Waals surface area contributed by atoms with Crippen molar-refractivity contribution in [3.05, 3.63) is 47.6 Å². The highest BCUT2D eigenvalue weighted by Crippen LogP contribution is 2.29. The molecular formula is C21H34O2. The molecule has 0 saturated heterocycles. The Bertz CT molecular complexity index is 470. The van der Waals surface area contributed by atoms with E-state index in [-0.39, 0.29) is 12.7 Å². The average molecular weight is 319 g/mol. The minimum atomic E-state index is -0.217. The summed E-state index contributed by atoms with van der Waals surface area (Å²) in [4.78, 5) is 0. The topological polar surface area (TPSA) is 40.5 Å². The molecule has 0 aliphatic heterocycles. The predicted octanol–water partition coefficient (Wildman–Crippen LogP) is 4.95. The van der Waals surface area contributed by atoms with Crippen LogP contribution < -0.4 is 0 Å². The molecule has 0 unspecified atom stereocenters. The largest absolute Gasteiger partial charge is 0.392 e. The van der Waals surface area contributed by atoms with E-state index in [0.717, 1.165) is 32.1 Å². The van der Waals surface area contributed by atoms with E-state index < -0.39 is 0 Å². The van der Waals surface area contributed by atoms with E-state index >= 15 is 0 Å². The van der Waals surface area contributed by atoms with Crippen molar-refractivity contribution in [3.8, 4) is 0 Å². The summed E-state index contributed by atoms with van der Waals surface area (Å²) in [7, 11) is 0. The van der Waals surface area contributed by atoms with Gasteiger partial charge in [0, 0.05) is 0 Å². The molecule has 2 N–H and O–H groups in total. The number of aliphatic hydroxyl groups excluding tert-OH is 2. The van der Waals surface area contributed by atoms with Gasteiger partial charge in [0.05, 0.1) is 12.7 Å². The fraction of sp³-hybridized carbons (Fsp3) is 0.619. The third kappa shape index (κ3) is 6.48. The first-order valence-corrected chi connectivity index (χ1v) is 8.85. The molecule has 23 heavy (non-hydrogen) atoms. The van der Waals surface area contributed by atoms with E-state index in [9.17, 15) is 5.11 Å². The molecule has 0 radical (unpaired) electrons. The number of hydrogen-bond donors (Lipinski definition) is 2. The molecule has 130 valence electrons. The summed E-state index contributed by atoms with van der Waals surface area (Å²) in [5.41, 5.74) is 4.87. The van der Waals surface area contributed by atoms with Gasteiger partial charge < -0.3 is 10.2 Å². The minimum Gasteiger partial charge on any atom is -0.392 e. The summed E-state index contributed by atoms with van der Waals surface area (Å²) < 4.78 is 0. The highest BCUT2D eigenvalue weighted by molar-refractivity contribution is 5.16. The summed E-state index contributed by atoms with van der Waals surface area (Å²) >= 11 is 0. The normalized spacial score (nSPS) is 27.3. The Morgan fingerprint density at radius 1 is 1.13 bits per heavy atom. The molecule has 0 heterocycles. The van der Waals surface area contributed by atoms with Crippen molar-refractivity contribution < 1.29 is 10.2 Å². The van der Waals surface area contributed by atoms with E-state index in [4.69, 9.17) is 5.11 Å². The van der Waals surface area contributed by atoms with Gasteiger partial charge in [-0.25, -0.2) is 0 Å². The van der Waals surface area contributed by atoms with Crippen molar-refractivity contribution in [2.75, 3.05) is 6.61 Å². The van der Waals surface area contributed by atoms with Crippen LogP contribution in [0.3, 0.4) is 0 Å². The summed E-state index contributed by atoms with van der Waals surface area (Å²) in [5, 5.41) is 18.5. The third-order valence-corrected chi connectivity index (χ3v) is 5.11. The number of rotatable bonds is 4. The van der Waals surface area contributed by atoms with Crippen molar-refractivity contribution in [2.24, 2.45) is 11.8 Å². The van der Waals surface area contributed by atoms with Crippen LogP contribution in [0, 0.1) is 11.8 Å². The summed E-state index contributed by atoms with van der Waals surface area (Å²) in [5.74, 6) is 1.15. The van der Waals surface area contributed by atoms with Crippen LogP contribution in [0.5, 0.6) is 0 Å². The van der Waals surface area contributed by atoms with E-state index in [0.29, 0.717) is 11.8 Å². The SMILES string of the molecule is C=C(C)[C@@H]1CC=C(CC)[C@@H](O)C1.C=C(C)[C@@H]1CC=C(CO)CC1. The lowest BCUT2D eigenvalue weighted by Gasteiger charge is -2.26. The van der Waals surface area contributed by atoms with Gasteiger partial charge in [0.25, 0.3) is 0 Å². The zero-order valence-electron chi connectivity index (χ0n) is 15.1. The zero-order valence-corrected chi connectivity index (χ0v) is 15.1. The first-order chi connectivity index (χ1) is 10.9. The lowest BCUT2D eigenvalue weighted by atomic mass is 9.83. The Labute approximate surface area is 142 Å². The molecular weight excluding hydrogens is 284 g/mol. The molecule has 0 spiro atoms. The van der Waals surface area contributed by atoms with Crippen LogP contribution in [0.25, 0.3) is 0 Å². The van der Waals surface area contributed by atoms with Crippen LogP contribution in [0.15, 0.2) is 47.6 Å². The average Bonchev–Trinajstić information content (AvgIpc) is 2.55. The maximum absolute atomic E-state index is 9.68. The van der Waals surface area contributed by atoms with E-state index in [1.165, 1.54) is 28.7 Å². The van der Waals surface area contributed by atoms with Gasteiger partial charge in [0.1, 0.15) is 0 Å². The zero-order chi connectivity index (χ0) is 17.4. The molecule has 0 fully saturated rings. The van der Waals surface area contributed by atoms with Crippen LogP contribution in [0.4, 0.5) is 0 Å². The van der Waals surface area contributed by atoms with Gasteiger partial charge in [-0.05, 0) is 75.4 Å². The lowest BCUT2D eigenvalue weighted by molar-refractivity contribution is 0.171. The molecule has 2 aliphatic carbocycles. The summed E-state index contributed by atoms with van der Waals surface area (Å²) in [6, 6.07) is 0. The minimum absolute atomic E-state index is 0.217. The Morgan fingerprint density at radius 3 is 2.13 bits per heavy atom.